The van der Waals surface area contributed by atoms with Crippen molar-refractivity contribution in [2.45, 2.75) is 37.8 Å². The molecular weight excluding hydrogens is 170 g/mol. The Bertz CT molecular complexity index is 187. The Kier molecular flexibility index (Phi) is 3.27. The van der Waals surface area contributed by atoms with Crippen LogP contribution in [0.2, 0.25) is 0 Å². The number of hydrogen-bond acceptors (Lipinski definition) is 3. The molecule has 1 fully saturated rings. The first-order chi connectivity index (χ1) is 6.10. The summed E-state index contributed by atoms with van der Waals surface area (Å²) in [5.41, 5.74) is -0.741. The zero-order valence-corrected chi connectivity index (χ0v) is 8.17. The summed E-state index contributed by atoms with van der Waals surface area (Å²) < 4.78 is 5.08. The van der Waals surface area contributed by atoms with Crippen LogP contribution in [0.5, 0.6) is 0 Å². The summed E-state index contributed by atoms with van der Waals surface area (Å²) >= 11 is 0. The molecule has 13 heavy (non-hydrogen) atoms. The van der Waals surface area contributed by atoms with E-state index in [-0.39, 0.29) is 6.10 Å². The van der Waals surface area contributed by atoms with Gasteiger partial charge >= 0.3 is 5.97 Å². The van der Waals surface area contributed by atoms with Crippen LogP contribution in [0.3, 0.4) is 0 Å². The van der Waals surface area contributed by atoms with E-state index in [2.05, 4.69) is 5.32 Å². The number of hydrogen-bond donors (Lipinski definition) is 2. The monoisotopic (exact) mass is 187 g/mol. The average molecular weight is 187 g/mol. The zero-order valence-electron chi connectivity index (χ0n) is 8.17. The minimum atomic E-state index is -0.756. The second-order valence-corrected chi connectivity index (χ2v) is 3.67. The number of ether oxygens (including phenoxy) is 1. The van der Waals surface area contributed by atoms with Gasteiger partial charge in [-0.05, 0) is 26.3 Å². The van der Waals surface area contributed by atoms with Crippen LogP contribution in [0.25, 0.3) is 0 Å². The van der Waals surface area contributed by atoms with Crippen LogP contribution in [-0.2, 0) is 9.53 Å². The fourth-order valence-electron chi connectivity index (χ4n) is 1.82. The van der Waals surface area contributed by atoms with Crippen molar-refractivity contribution in [3.05, 3.63) is 0 Å². The molecule has 0 aliphatic carbocycles. The minimum absolute atomic E-state index is 0.0123. The van der Waals surface area contributed by atoms with Crippen LogP contribution in [0, 0.1) is 0 Å². The van der Waals surface area contributed by atoms with E-state index < -0.39 is 11.5 Å². The summed E-state index contributed by atoms with van der Waals surface area (Å²) in [4.78, 5) is 11.1. The van der Waals surface area contributed by atoms with E-state index in [1.807, 2.05) is 6.92 Å². The van der Waals surface area contributed by atoms with Crippen LogP contribution in [0.15, 0.2) is 0 Å². The molecule has 4 nitrogen and oxygen atoms in total. The minimum Gasteiger partial charge on any atom is -0.480 e. The van der Waals surface area contributed by atoms with Gasteiger partial charge in [-0.15, -0.1) is 0 Å². The fraction of sp³-hybridized carbons (Fsp3) is 0.889. The predicted molar refractivity (Wildman–Crippen MR) is 48.7 cm³/mol. The Balaban J connectivity index is 2.62. The molecule has 1 rings (SSSR count). The van der Waals surface area contributed by atoms with Crippen LogP contribution in [0.1, 0.15) is 26.2 Å². The van der Waals surface area contributed by atoms with Crippen LogP contribution >= 0.6 is 0 Å². The molecule has 0 aromatic rings. The lowest BCUT2D eigenvalue weighted by Gasteiger charge is -2.27. The lowest BCUT2D eigenvalue weighted by atomic mass is 9.91. The van der Waals surface area contributed by atoms with Crippen molar-refractivity contribution < 1.29 is 14.6 Å². The van der Waals surface area contributed by atoms with Crippen molar-refractivity contribution >= 4 is 5.97 Å². The van der Waals surface area contributed by atoms with E-state index in [4.69, 9.17) is 9.84 Å². The van der Waals surface area contributed by atoms with Gasteiger partial charge in [0.2, 0.25) is 0 Å². The summed E-state index contributed by atoms with van der Waals surface area (Å²) in [6.45, 7) is 2.69. The standard InChI is InChI=1S/C9H17NO3/c1-7(13-2)6-9(8(11)12)4-3-5-10-9/h7,10H,3-6H2,1-2H3,(H,11,12). The van der Waals surface area contributed by atoms with Crippen molar-refractivity contribution in [2.75, 3.05) is 13.7 Å². The summed E-state index contributed by atoms with van der Waals surface area (Å²) in [7, 11) is 1.61. The number of aliphatic carboxylic acids is 1. The van der Waals surface area contributed by atoms with E-state index in [9.17, 15) is 4.79 Å². The van der Waals surface area contributed by atoms with Gasteiger partial charge in [0, 0.05) is 13.5 Å². The first kappa shape index (κ1) is 10.5. The quantitative estimate of drug-likeness (QED) is 0.677. The van der Waals surface area contributed by atoms with Gasteiger partial charge in [-0.2, -0.15) is 0 Å². The third-order valence-electron chi connectivity index (χ3n) is 2.69. The van der Waals surface area contributed by atoms with E-state index >= 15 is 0 Å². The van der Waals surface area contributed by atoms with Gasteiger partial charge in [-0.1, -0.05) is 0 Å². The van der Waals surface area contributed by atoms with E-state index in [1.165, 1.54) is 0 Å². The molecule has 2 atom stereocenters. The maximum absolute atomic E-state index is 11.1. The number of carboxylic acids is 1. The van der Waals surface area contributed by atoms with Gasteiger partial charge < -0.3 is 15.2 Å². The number of carbonyl (C=O) groups is 1. The maximum Gasteiger partial charge on any atom is 0.323 e. The molecule has 1 aliphatic heterocycles. The van der Waals surface area contributed by atoms with Gasteiger partial charge in [0.25, 0.3) is 0 Å². The molecule has 0 saturated carbocycles. The van der Waals surface area contributed by atoms with Crippen molar-refractivity contribution in [1.82, 2.24) is 5.32 Å². The lowest BCUT2D eigenvalue weighted by molar-refractivity contribution is -0.145. The highest BCUT2D eigenvalue weighted by Gasteiger charge is 2.41. The van der Waals surface area contributed by atoms with E-state index in [0.717, 1.165) is 13.0 Å². The molecular formula is C9H17NO3. The second-order valence-electron chi connectivity index (χ2n) is 3.67. The summed E-state index contributed by atoms with van der Waals surface area (Å²) in [5, 5.41) is 12.1. The number of methoxy groups -OCH3 is 1. The van der Waals surface area contributed by atoms with Crippen LogP contribution in [0.4, 0.5) is 0 Å². The largest absolute Gasteiger partial charge is 0.480 e. The Morgan fingerprint density at radius 3 is 2.85 bits per heavy atom. The molecule has 76 valence electrons. The third-order valence-corrected chi connectivity index (χ3v) is 2.69. The van der Waals surface area contributed by atoms with Crippen molar-refractivity contribution in [1.29, 1.82) is 0 Å². The summed E-state index contributed by atoms with van der Waals surface area (Å²) in [6, 6.07) is 0. The van der Waals surface area contributed by atoms with Crippen molar-refractivity contribution in [3.8, 4) is 0 Å². The van der Waals surface area contributed by atoms with Crippen molar-refractivity contribution in [2.24, 2.45) is 0 Å². The van der Waals surface area contributed by atoms with Crippen molar-refractivity contribution in [3.63, 3.8) is 0 Å². The predicted octanol–water partition coefficient (Wildman–Crippen LogP) is 0.618. The molecule has 0 bridgehead atoms. The Morgan fingerprint density at radius 2 is 2.46 bits per heavy atom. The molecule has 2 N–H and O–H groups in total. The molecule has 0 radical (unpaired) electrons. The second kappa shape index (κ2) is 4.07. The normalized spacial score (nSPS) is 30.3. The average Bonchev–Trinajstić information content (AvgIpc) is 2.54. The smallest absolute Gasteiger partial charge is 0.323 e. The highest BCUT2D eigenvalue weighted by molar-refractivity contribution is 5.79. The summed E-state index contributed by atoms with van der Waals surface area (Å²) in [5.74, 6) is -0.756. The SMILES string of the molecule is COC(C)CC1(C(=O)O)CCCN1. The molecule has 1 heterocycles. The number of rotatable bonds is 4. The number of carboxylic acid groups (broad SMARTS) is 1. The summed E-state index contributed by atoms with van der Waals surface area (Å²) in [6.07, 6.45) is 2.17. The zero-order chi connectivity index (χ0) is 9.90. The molecule has 0 spiro atoms. The van der Waals surface area contributed by atoms with Gasteiger partial charge in [0.05, 0.1) is 6.10 Å². The van der Waals surface area contributed by atoms with Gasteiger partial charge in [0.15, 0.2) is 0 Å². The van der Waals surface area contributed by atoms with Crippen LogP contribution < -0.4 is 5.32 Å². The van der Waals surface area contributed by atoms with E-state index in [1.54, 1.807) is 7.11 Å². The maximum atomic E-state index is 11.1. The molecule has 0 aromatic carbocycles. The molecule has 0 amide bonds. The van der Waals surface area contributed by atoms with Gasteiger partial charge in [0.1, 0.15) is 5.54 Å². The third kappa shape index (κ3) is 2.19. The topological polar surface area (TPSA) is 58.6 Å². The molecule has 1 saturated heterocycles. The van der Waals surface area contributed by atoms with E-state index in [0.29, 0.717) is 12.8 Å². The number of nitrogens with one attached hydrogen (secondary N) is 1. The lowest BCUT2D eigenvalue weighted by Crippen LogP contribution is -2.49. The molecule has 1 aliphatic rings. The Labute approximate surface area is 78.3 Å². The molecule has 4 heteroatoms. The molecule has 0 aromatic heterocycles. The first-order valence-corrected chi connectivity index (χ1v) is 4.62. The molecule has 2 unspecified atom stereocenters. The van der Waals surface area contributed by atoms with Crippen LogP contribution in [-0.4, -0.2) is 36.4 Å². The van der Waals surface area contributed by atoms with Gasteiger partial charge in [-0.3, -0.25) is 4.79 Å². The highest BCUT2D eigenvalue weighted by atomic mass is 16.5. The fourth-order valence-corrected chi connectivity index (χ4v) is 1.82. The Morgan fingerprint density at radius 1 is 1.77 bits per heavy atom. The van der Waals surface area contributed by atoms with Gasteiger partial charge in [-0.25, -0.2) is 0 Å². The Hall–Kier alpha value is -0.610. The highest BCUT2D eigenvalue weighted by Crippen LogP contribution is 2.25. The first-order valence-electron chi connectivity index (χ1n) is 4.62.